The minimum absolute atomic E-state index is 0.0134. The van der Waals surface area contributed by atoms with Crippen molar-refractivity contribution in [3.63, 3.8) is 0 Å². The van der Waals surface area contributed by atoms with Crippen molar-refractivity contribution in [2.24, 2.45) is 5.73 Å². The van der Waals surface area contributed by atoms with E-state index < -0.39 is 12.0 Å². The number of carbonyl (C=O) groups excluding carboxylic acids is 1. The van der Waals surface area contributed by atoms with Crippen LogP contribution in [0.2, 0.25) is 0 Å². The highest BCUT2D eigenvalue weighted by molar-refractivity contribution is 8.01. The van der Waals surface area contributed by atoms with E-state index in [4.69, 9.17) is 11.5 Å². The number of nitrogens with zero attached hydrogens (tertiary/aromatic N) is 6. The zero-order valence-electron chi connectivity index (χ0n) is 12.6. The number of nitrogens with two attached hydrogens (primary N) is 2. The van der Waals surface area contributed by atoms with Gasteiger partial charge in [-0.3, -0.25) is 9.69 Å². The van der Waals surface area contributed by atoms with Gasteiger partial charge in [0.1, 0.15) is 22.1 Å². The van der Waals surface area contributed by atoms with Crippen molar-refractivity contribution in [2.75, 3.05) is 17.2 Å². The third-order valence-corrected chi connectivity index (χ3v) is 6.22. The Morgan fingerprint density at radius 3 is 3.08 bits per heavy atom. The van der Waals surface area contributed by atoms with Gasteiger partial charge in [0.25, 0.3) is 0 Å². The number of amides is 1. The van der Waals surface area contributed by atoms with Crippen LogP contribution in [-0.2, 0) is 9.59 Å². The molecule has 0 aliphatic carbocycles. The normalized spacial score (nSPS) is 22.9. The number of aromatic nitrogens is 5. The predicted molar refractivity (Wildman–Crippen MR) is 89.4 cm³/mol. The molecule has 1 unspecified atom stereocenters. The first-order valence-electron chi connectivity index (χ1n) is 7.10. The highest BCUT2D eigenvalue weighted by Gasteiger charge is 2.51. The minimum Gasteiger partial charge on any atom is -0.477 e. The van der Waals surface area contributed by atoms with Crippen molar-refractivity contribution < 1.29 is 14.7 Å². The van der Waals surface area contributed by atoms with E-state index in [0.717, 1.165) is 0 Å². The molecule has 1 amide bonds. The Morgan fingerprint density at radius 1 is 1.52 bits per heavy atom. The van der Waals surface area contributed by atoms with Crippen molar-refractivity contribution in [3.8, 4) is 0 Å². The number of nitrogen functional groups attached to an aromatic ring is 1. The van der Waals surface area contributed by atoms with Gasteiger partial charge in [-0.1, -0.05) is 11.8 Å². The van der Waals surface area contributed by atoms with E-state index in [1.165, 1.54) is 33.1 Å². The highest BCUT2D eigenvalue weighted by atomic mass is 32.2. The Morgan fingerprint density at radius 2 is 2.32 bits per heavy atom. The Hall–Kier alpha value is -2.38. The number of thioether (sulfide) groups is 2. The first-order chi connectivity index (χ1) is 12.0. The van der Waals surface area contributed by atoms with Crippen LogP contribution in [-0.4, -0.2) is 70.1 Å². The number of carboxylic acid groups (broad SMARTS) is 1. The molecule has 2 aliphatic rings. The fraction of sp³-hybridized carbons (Fsp3) is 0.333. The van der Waals surface area contributed by atoms with Gasteiger partial charge in [-0.2, -0.15) is 0 Å². The van der Waals surface area contributed by atoms with Crippen molar-refractivity contribution in [1.29, 1.82) is 0 Å². The number of tetrazole rings is 1. The first kappa shape index (κ1) is 16.1. The van der Waals surface area contributed by atoms with E-state index in [9.17, 15) is 14.7 Å². The van der Waals surface area contributed by atoms with E-state index in [2.05, 4.69) is 20.6 Å². The van der Waals surface area contributed by atoms with Crippen molar-refractivity contribution in [2.45, 2.75) is 16.4 Å². The molecule has 1 saturated heterocycles. The largest absolute Gasteiger partial charge is 0.477 e. The molecule has 11 nitrogen and oxygen atoms in total. The van der Waals surface area contributed by atoms with Gasteiger partial charge in [-0.05, 0) is 22.1 Å². The van der Waals surface area contributed by atoms with Gasteiger partial charge in [-0.15, -0.1) is 26.6 Å². The summed E-state index contributed by atoms with van der Waals surface area (Å²) in [4.78, 5) is 24.8. The molecular weight excluding hydrogens is 368 g/mol. The first-order valence-corrected chi connectivity index (χ1v) is 9.14. The number of hydrogen-bond acceptors (Lipinski definition) is 10. The molecule has 0 saturated carbocycles. The number of β-lactam (4-membered cyclic amide) rings is 1. The summed E-state index contributed by atoms with van der Waals surface area (Å²) in [6.07, 6.45) is 0. The quantitative estimate of drug-likeness (QED) is 0.429. The van der Waals surface area contributed by atoms with Gasteiger partial charge in [0.05, 0.1) is 5.69 Å². The van der Waals surface area contributed by atoms with Crippen molar-refractivity contribution in [1.82, 2.24) is 30.2 Å². The summed E-state index contributed by atoms with van der Waals surface area (Å²) in [7, 11) is 0. The summed E-state index contributed by atoms with van der Waals surface area (Å²) in [6.45, 7) is 0. The highest BCUT2D eigenvalue weighted by Crippen LogP contribution is 2.40. The monoisotopic (exact) mass is 380 g/mol. The maximum Gasteiger partial charge on any atom is 0.352 e. The van der Waals surface area contributed by atoms with Crippen molar-refractivity contribution >= 4 is 46.7 Å². The summed E-state index contributed by atoms with van der Waals surface area (Å²) < 4.78 is 1.22. The van der Waals surface area contributed by atoms with Crippen LogP contribution in [0.4, 0.5) is 5.69 Å². The third-order valence-electron chi connectivity index (χ3n) is 3.87. The van der Waals surface area contributed by atoms with Gasteiger partial charge in [0, 0.05) is 11.5 Å². The molecule has 5 N–H and O–H groups in total. The average molecular weight is 380 g/mol. The zero-order chi connectivity index (χ0) is 17.7. The number of carboxylic acids is 1. The smallest absolute Gasteiger partial charge is 0.352 e. The number of aliphatic carboxylic acids is 1. The van der Waals surface area contributed by atoms with E-state index >= 15 is 0 Å². The summed E-state index contributed by atoms with van der Waals surface area (Å²) >= 11 is 2.76. The summed E-state index contributed by atoms with van der Waals surface area (Å²) in [5.41, 5.74) is 13.0. The molecule has 2 aromatic rings. The second-order valence-electron chi connectivity index (χ2n) is 5.41. The maximum absolute atomic E-state index is 11.9. The molecule has 4 heterocycles. The van der Waals surface area contributed by atoms with Crippen molar-refractivity contribution in [3.05, 3.63) is 17.3 Å². The lowest BCUT2D eigenvalue weighted by Crippen LogP contribution is -2.68. The molecule has 25 heavy (non-hydrogen) atoms. The summed E-state index contributed by atoms with van der Waals surface area (Å²) in [6, 6.07) is 0.984. The van der Waals surface area contributed by atoms with Crippen LogP contribution in [0.15, 0.2) is 22.4 Å². The molecule has 13 heteroatoms. The van der Waals surface area contributed by atoms with Crippen LogP contribution in [0.3, 0.4) is 0 Å². The van der Waals surface area contributed by atoms with E-state index in [-0.39, 0.29) is 17.0 Å². The Balaban J connectivity index is 1.60. The molecule has 0 radical (unpaired) electrons. The Kier molecular flexibility index (Phi) is 3.77. The van der Waals surface area contributed by atoms with Gasteiger partial charge in [0.15, 0.2) is 0 Å². The molecule has 0 spiro atoms. The number of hydrogen-bond donors (Lipinski definition) is 3. The summed E-state index contributed by atoms with van der Waals surface area (Å²) in [5, 5.41) is 24.9. The number of anilines is 1. The number of fused-ring (bicyclic) bond motifs is 2. The lowest BCUT2D eigenvalue weighted by Gasteiger charge is -2.48. The molecule has 1 fully saturated rings. The van der Waals surface area contributed by atoms with Crippen LogP contribution in [0, 0.1) is 0 Å². The standard InChI is InChI=1S/C12H12N8O3S2/c13-5-1-6(16-20-9(5)15-17-18-20)24-2-4-3-25-11-7(14)10(21)19(11)8(4)12(22)23/h1,7,11H,2-3,13-14H2,(H,22,23)/t7?,11-/m1/s1. The van der Waals surface area contributed by atoms with Gasteiger partial charge < -0.3 is 16.6 Å². The topological polar surface area (TPSA) is 166 Å². The predicted octanol–water partition coefficient (Wildman–Crippen LogP) is -1.23. The molecule has 2 atom stereocenters. The lowest BCUT2D eigenvalue weighted by molar-refractivity contribution is -0.147. The molecule has 130 valence electrons. The molecule has 2 aromatic heterocycles. The third kappa shape index (κ3) is 2.51. The van der Waals surface area contributed by atoms with Crippen LogP contribution >= 0.6 is 23.5 Å². The van der Waals surface area contributed by atoms with Gasteiger partial charge in [0.2, 0.25) is 11.6 Å². The molecule has 0 aromatic carbocycles. The number of rotatable bonds is 4. The number of carbonyl (C=O) groups is 2. The average Bonchev–Trinajstić information content (AvgIpc) is 3.07. The second-order valence-corrected chi connectivity index (χ2v) is 7.51. The van der Waals surface area contributed by atoms with Crippen LogP contribution < -0.4 is 11.5 Å². The second kappa shape index (κ2) is 5.86. The molecule has 4 rings (SSSR count). The van der Waals surface area contributed by atoms with E-state index in [1.54, 1.807) is 6.07 Å². The van der Waals surface area contributed by atoms with Gasteiger partial charge >= 0.3 is 5.97 Å². The lowest BCUT2D eigenvalue weighted by atomic mass is 10.0. The van der Waals surface area contributed by atoms with Gasteiger partial charge in [-0.25, -0.2) is 4.79 Å². The molecule has 0 bridgehead atoms. The van der Waals surface area contributed by atoms with E-state index in [1.807, 2.05) is 0 Å². The Bertz CT molecular complexity index is 928. The fourth-order valence-corrected chi connectivity index (χ4v) is 4.99. The fourth-order valence-electron chi connectivity index (χ4n) is 2.67. The molecular formula is C12H12N8O3S2. The minimum atomic E-state index is -1.13. The van der Waals surface area contributed by atoms with Crippen LogP contribution in [0.25, 0.3) is 5.65 Å². The zero-order valence-corrected chi connectivity index (χ0v) is 14.2. The SMILES string of the molecule is Nc1cc(SCC2=C(C(=O)O)N3C(=O)C(N)[C@H]3SC2)nn2nnnc12. The van der Waals surface area contributed by atoms with E-state index in [0.29, 0.717) is 33.4 Å². The maximum atomic E-state index is 11.9. The van der Waals surface area contributed by atoms with Crippen LogP contribution in [0.5, 0.6) is 0 Å². The van der Waals surface area contributed by atoms with Crippen LogP contribution in [0.1, 0.15) is 0 Å². The summed E-state index contributed by atoms with van der Waals surface area (Å²) in [5.74, 6) is -0.668. The molecule has 2 aliphatic heterocycles. The Labute approximate surface area is 148 Å².